The number of thiophene rings is 1. The lowest BCUT2D eigenvalue weighted by Gasteiger charge is -2.14. The van der Waals surface area contributed by atoms with E-state index in [2.05, 4.69) is 0 Å². The molecular weight excluding hydrogens is 394 g/mol. The van der Waals surface area contributed by atoms with Crippen molar-refractivity contribution in [1.82, 2.24) is 14.5 Å². The van der Waals surface area contributed by atoms with E-state index in [0.717, 1.165) is 41.5 Å². The van der Waals surface area contributed by atoms with E-state index < -0.39 is 0 Å². The number of aryl methyl sites for hydroxylation is 2. The van der Waals surface area contributed by atoms with Crippen molar-refractivity contribution in [2.24, 2.45) is 7.05 Å². The van der Waals surface area contributed by atoms with Crippen LogP contribution in [-0.2, 0) is 19.9 Å². The first kappa shape index (κ1) is 17.6. The maximum atomic E-state index is 13.0. The molecule has 0 saturated carbocycles. The molecule has 0 bridgehead atoms. The first-order valence-electron chi connectivity index (χ1n) is 9.15. The van der Waals surface area contributed by atoms with E-state index in [1.54, 1.807) is 42.6 Å². The number of fused-ring (bicyclic) bond motifs is 4. The fraction of sp³-hybridized carbons (Fsp3) is 0.300. The van der Waals surface area contributed by atoms with Crippen LogP contribution in [-0.4, -0.2) is 32.1 Å². The molecule has 0 atom stereocenters. The normalized spacial score (nSPS) is 16.0. The van der Waals surface area contributed by atoms with E-state index in [-0.39, 0.29) is 23.3 Å². The maximum Gasteiger partial charge on any atom is 0.262 e. The number of carbonyl (C=O) groups excluding carboxylic acids is 2. The van der Waals surface area contributed by atoms with Crippen molar-refractivity contribution in [1.29, 1.82) is 0 Å². The van der Waals surface area contributed by atoms with Gasteiger partial charge in [-0.2, -0.15) is 0 Å². The summed E-state index contributed by atoms with van der Waals surface area (Å²) in [6.07, 6.45) is 4.21. The van der Waals surface area contributed by atoms with Crippen LogP contribution < -0.4 is 5.56 Å². The number of thioether (sulfide) groups is 1. The Bertz CT molecular complexity index is 1180. The predicted octanol–water partition coefficient (Wildman–Crippen LogP) is 3.22. The number of imide groups is 1. The summed E-state index contributed by atoms with van der Waals surface area (Å²) in [4.78, 5) is 46.0. The molecule has 3 aromatic rings. The van der Waals surface area contributed by atoms with E-state index in [1.165, 1.54) is 26.1 Å². The predicted molar refractivity (Wildman–Crippen MR) is 109 cm³/mol. The summed E-state index contributed by atoms with van der Waals surface area (Å²) < 4.78 is 1.53. The molecule has 1 aliphatic carbocycles. The number of hydrogen-bond acceptors (Lipinski definition) is 6. The van der Waals surface area contributed by atoms with Gasteiger partial charge in [-0.05, 0) is 43.4 Å². The van der Waals surface area contributed by atoms with Crippen molar-refractivity contribution in [3.63, 3.8) is 0 Å². The van der Waals surface area contributed by atoms with Gasteiger partial charge in [-0.1, -0.05) is 23.9 Å². The number of benzene rings is 1. The smallest absolute Gasteiger partial charge is 0.262 e. The lowest BCUT2D eigenvalue weighted by Crippen LogP contribution is -2.30. The van der Waals surface area contributed by atoms with Gasteiger partial charge in [0.25, 0.3) is 17.4 Å². The van der Waals surface area contributed by atoms with Gasteiger partial charge in [-0.25, -0.2) is 4.98 Å². The fourth-order valence-electron chi connectivity index (χ4n) is 3.87. The molecule has 1 aliphatic heterocycles. The van der Waals surface area contributed by atoms with Gasteiger partial charge >= 0.3 is 0 Å². The Labute approximate surface area is 169 Å². The summed E-state index contributed by atoms with van der Waals surface area (Å²) in [5, 5.41) is 1.26. The van der Waals surface area contributed by atoms with Crippen molar-refractivity contribution in [3.05, 3.63) is 56.2 Å². The maximum absolute atomic E-state index is 13.0. The van der Waals surface area contributed by atoms with Gasteiger partial charge < -0.3 is 0 Å². The molecule has 1 aromatic carbocycles. The summed E-state index contributed by atoms with van der Waals surface area (Å²) in [5.41, 5.74) is 1.97. The average Bonchev–Trinajstić information content (AvgIpc) is 3.20. The molecule has 6 nitrogen and oxygen atoms in total. The van der Waals surface area contributed by atoms with Gasteiger partial charge in [0, 0.05) is 11.9 Å². The van der Waals surface area contributed by atoms with Gasteiger partial charge in [0.2, 0.25) is 0 Å². The Morgan fingerprint density at radius 3 is 2.46 bits per heavy atom. The molecule has 0 fully saturated rings. The van der Waals surface area contributed by atoms with Crippen LogP contribution in [0.25, 0.3) is 10.2 Å². The molecule has 2 aromatic heterocycles. The van der Waals surface area contributed by atoms with E-state index in [1.807, 2.05) is 0 Å². The van der Waals surface area contributed by atoms with Gasteiger partial charge in [0.1, 0.15) is 4.83 Å². The van der Waals surface area contributed by atoms with Gasteiger partial charge in [-0.15, -0.1) is 11.3 Å². The Morgan fingerprint density at radius 1 is 1.07 bits per heavy atom. The minimum atomic E-state index is -0.300. The van der Waals surface area contributed by atoms with Crippen molar-refractivity contribution in [3.8, 4) is 0 Å². The highest BCUT2D eigenvalue weighted by molar-refractivity contribution is 7.99. The third-order valence-corrected chi connectivity index (χ3v) is 7.55. The molecule has 28 heavy (non-hydrogen) atoms. The SMILES string of the molecule is Cn1c(SCN2C(=O)c3ccccc3C2=O)nc2sc3c(c2c1=O)CCCC3. The van der Waals surface area contributed by atoms with E-state index in [4.69, 9.17) is 4.98 Å². The molecule has 0 unspecified atom stereocenters. The number of nitrogens with zero attached hydrogens (tertiary/aromatic N) is 3. The van der Waals surface area contributed by atoms with Crippen molar-refractivity contribution in [2.45, 2.75) is 30.8 Å². The fourth-order valence-corrected chi connectivity index (χ4v) is 6.10. The number of hydrogen-bond donors (Lipinski definition) is 0. The Hall–Kier alpha value is -2.45. The summed E-state index contributed by atoms with van der Waals surface area (Å²) >= 11 is 2.84. The molecule has 2 amide bonds. The zero-order valence-electron chi connectivity index (χ0n) is 15.2. The Morgan fingerprint density at radius 2 is 1.75 bits per heavy atom. The number of rotatable bonds is 3. The molecule has 0 saturated heterocycles. The summed E-state index contributed by atoms with van der Waals surface area (Å²) in [7, 11) is 1.70. The highest BCUT2D eigenvalue weighted by atomic mass is 32.2. The largest absolute Gasteiger partial charge is 0.290 e. The minimum absolute atomic E-state index is 0.0470. The molecular formula is C20H17N3O3S2. The zero-order valence-corrected chi connectivity index (χ0v) is 16.9. The Kier molecular flexibility index (Phi) is 4.13. The highest BCUT2D eigenvalue weighted by Crippen LogP contribution is 2.35. The zero-order chi connectivity index (χ0) is 19.4. The van der Waals surface area contributed by atoms with Crippen LogP contribution in [0.3, 0.4) is 0 Å². The first-order chi connectivity index (χ1) is 13.6. The van der Waals surface area contributed by atoms with Crippen molar-refractivity contribution in [2.75, 3.05) is 5.88 Å². The quantitative estimate of drug-likeness (QED) is 0.376. The highest BCUT2D eigenvalue weighted by Gasteiger charge is 2.35. The second-order valence-electron chi connectivity index (χ2n) is 7.01. The third-order valence-electron chi connectivity index (χ3n) is 5.36. The molecule has 3 heterocycles. The van der Waals surface area contributed by atoms with Crippen molar-refractivity contribution < 1.29 is 9.59 Å². The standard InChI is InChI=1S/C20H17N3O3S2/c1-22-19(26)15-13-8-4-5-9-14(13)28-16(15)21-20(22)27-10-23-17(24)11-6-2-3-7-12(11)18(23)25/h2-3,6-7H,4-5,8-10H2,1H3. The van der Waals surface area contributed by atoms with Crippen LogP contribution in [0.4, 0.5) is 0 Å². The molecule has 142 valence electrons. The topological polar surface area (TPSA) is 72.3 Å². The van der Waals surface area contributed by atoms with Crippen LogP contribution in [0.15, 0.2) is 34.2 Å². The summed E-state index contributed by atoms with van der Waals surface area (Å²) in [6.45, 7) is 0. The number of aromatic nitrogens is 2. The lowest BCUT2D eigenvalue weighted by atomic mass is 9.97. The lowest BCUT2D eigenvalue weighted by molar-refractivity contribution is 0.0684. The minimum Gasteiger partial charge on any atom is -0.290 e. The van der Waals surface area contributed by atoms with Crippen LogP contribution in [0, 0.1) is 0 Å². The molecule has 0 N–H and O–H groups in total. The third kappa shape index (κ3) is 2.55. The first-order valence-corrected chi connectivity index (χ1v) is 11.0. The summed E-state index contributed by atoms with van der Waals surface area (Å²) in [5.74, 6) is -0.472. The molecule has 5 rings (SSSR count). The van der Waals surface area contributed by atoms with E-state index >= 15 is 0 Å². The second-order valence-corrected chi connectivity index (χ2v) is 9.00. The average molecular weight is 412 g/mol. The van der Waals surface area contributed by atoms with Gasteiger partial charge in [-0.3, -0.25) is 23.9 Å². The van der Waals surface area contributed by atoms with E-state index in [0.29, 0.717) is 16.3 Å². The number of carbonyl (C=O) groups is 2. The molecule has 0 radical (unpaired) electrons. The molecule has 2 aliphatic rings. The van der Waals surface area contributed by atoms with Crippen LogP contribution in [0.5, 0.6) is 0 Å². The summed E-state index contributed by atoms with van der Waals surface area (Å²) in [6, 6.07) is 6.82. The number of amides is 2. The van der Waals surface area contributed by atoms with Crippen molar-refractivity contribution >= 4 is 45.1 Å². The van der Waals surface area contributed by atoms with Gasteiger partial charge in [0.15, 0.2) is 5.16 Å². The van der Waals surface area contributed by atoms with Crippen LogP contribution in [0.1, 0.15) is 44.0 Å². The van der Waals surface area contributed by atoms with Crippen LogP contribution >= 0.6 is 23.1 Å². The second kappa shape index (κ2) is 6.56. The van der Waals surface area contributed by atoms with Crippen LogP contribution in [0.2, 0.25) is 0 Å². The Balaban J connectivity index is 1.47. The monoisotopic (exact) mass is 411 g/mol. The van der Waals surface area contributed by atoms with E-state index in [9.17, 15) is 14.4 Å². The van der Waals surface area contributed by atoms with Gasteiger partial charge in [0.05, 0.1) is 22.4 Å². The molecule has 0 spiro atoms. The molecule has 8 heteroatoms.